The van der Waals surface area contributed by atoms with Gasteiger partial charge in [0.25, 0.3) is 0 Å². The maximum Gasteiger partial charge on any atom is 0.141 e. The van der Waals surface area contributed by atoms with Gasteiger partial charge in [0.15, 0.2) is 0 Å². The van der Waals surface area contributed by atoms with E-state index >= 15 is 0 Å². The van der Waals surface area contributed by atoms with Crippen molar-refractivity contribution >= 4 is 28.3 Å². The van der Waals surface area contributed by atoms with Crippen molar-refractivity contribution in [2.24, 2.45) is 0 Å². The van der Waals surface area contributed by atoms with Crippen molar-refractivity contribution in [1.29, 1.82) is 0 Å². The molecule has 0 bridgehead atoms. The van der Waals surface area contributed by atoms with Crippen LogP contribution in [0.15, 0.2) is 72.8 Å². The Hall–Kier alpha value is -2.78. The first-order chi connectivity index (χ1) is 13.7. The van der Waals surface area contributed by atoms with Gasteiger partial charge in [0.05, 0.1) is 11.0 Å². The Balaban J connectivity index is 1.75. The molecule has 0 atom stereocenters. The summed E-state index contributed by atoms with van der Waals surface area (Å²) in [6, 6.07) is 25.1. The number of hydrogen-bond donors (Lipinski definition) is 0. The SMILES string of the molecule is CCN(CC)c1ccc(Cn2c(-c3ccccc3)nc3cc(Cl)ccc32)cc1. The highest BCUT2D eigenvalue weighted by Gasteiger charge is 2.13. The summed E-state index contributed by atoms with van der Waals surface area (Å²) in [5, 5.41) is 0.709. The summed E-state index contributed by atoms with van der Waals surface area (Å²) in [4.78, 5) is 7.24. The molecule has 0 aliphatic rings. The molecule has 3 nitrogen and oxygen atoms in total. The number of rotatable bonds is 6. The fraction of sp³-hybridized carbons (Fsp3) is 0.208. The van der Waals surface area contributed by atoms with Gasteiger partial charge in [-0.25, -0.2) is 4.98 Å². The third-order valence-electron chi connectivity index (χ3n) is 5.15. The number of imidazole rings is 1. The van der Waals surface area contributed by atoms with Gasteiger partial charge in [-0.05, 0) is 49.7 Å². The summed E-state index contributed by atoms with van der Waals surface area (Å²) in [5.41, 5.74) is 5.64. The molecule has 28 heavy (non-hydrogen) atoms. The molecule has 0 radical (unpaired) electrons. The molecule has 0 N–H and O–H groups in total. The first kappa shape index (κ1) is 18.6. The zero-order valence-corrected chi connectivity index (χ0v) is 17.0. The quantitative estimate of drug-likeness (QED) is 0.388. The van der Waals surface area contributed by atoms with Gasteiger partial charge in [0.1, 0.15) is 5.82 Å². The molecule has 0 fully saturated rings. The summed E-state index contributed by atoms with van der Waals surface area (Å²) in [7, 11) is 0. The maximum absolute atomic E-state index is 6.21. The first-order valence-corrected chi connectivity index (χ1v) is 10.1. The minimum Gasteiger partial charge on any atom is -0.372 e. The maximum atomic E-state index is 6.21. The van der Waals surface area contributed by atoms with E-state index in [0.717, 1.165) is 42.1 Å². The number of anilines is 1. The van der Waals surface area contributed by atoms with Gasteiger partial charge in [-0.3, -0.25) is 0 Å². The Kier molecular flexibility index (Phi) is 5.36. The third-order valence-corrected chi connectivity index (χ3v) is 5.38. The van der Waals surface area contributed by atoms with Crippen molar-refractivity contribution in [3.8, 4) is 11.4 Å². The van der Waals surface area contributed by atoms with Crippen LogP contribution in [0.2, 0.25) is 5.02 Å². The average molecular weight is 390 g/mol. The Bertz CT molecular complexity index is 1060. The van der Waals surface area contributed by atoms with Crippen LogP contribution in [0.1, 0.15) is 19.4 Å². The van der Waals surface area contributed by atoms with Gasteiger partial charge in [-0.2, -0.15) is 0 Å². The predicted molar refractivity (Wildman–Crippen MR) is 119 cm³/mol. The topological polar surface area (TPSA) is 21.1 Å². The number of hydrogen-bond acceptors (Lipinski definition) is 2. The zero-order valence-electron chi connectivity index (χ0n) is 16.3. The Morgan fingerprint density at radius 1 is 0.893 bits per heavy atom. The molecule has 3 aromatic carbocycles. The van der Waals surface area contributed by atoms with Crippen LogP contribution in [-0.2, 0) is 6.54 Å². The van der Waals surface area contributed by atoms with E-state index in [9.17, 15) is 0 Å². The molecule has 0 spiro atoms. The van der Waals surface area contributed by atoms with Crippen LogP contribution in [0.5, 0.6) is 0 Å². The number of aromatic nitrogens is 2. The van der Waals surface area contributed by atoms with Gasteiger partial charge in [-0.15, -0.1) is 0 Å². The second-order valence-electron chi connectivity index (χ2n) is 6.86. The van der Waals surface area contributed by atoms with Crippen molar-refractivity contribution in [3.05, 3.63) is 83.4 Å². The summed E-state index contributed by atoms with van der Waals surface area (Å²) in [6.07, 6.45) is 0. The molecule has 0 saturated heterocycles. The van der Waals surface area contributed by atoms with E-state index in [0.29, 0.717) is 5.02 Å². The van der Waals surface area contributed by atoms with Gasteiger partial charge in [-0.1, -0.05) is 54.1 Å². The Morgan fingerprint density at radius 3 is 2.29 bits per heavy atom. The van der Waals surface area contributed by atoms with Gasteiger partial charge >= 0.3 is 0 Å². The minimum absolute atomic E-state index is 0.709. The minimum atomic E-state index is 0.709. The van der Waals surface area contributed by atoms with Gasteiger partial charge in [0.2, 0.25) is 0 Å². The highest BCUT2D eigenvalue weighted by molar-refractivity contribution is 6.31. The van der Waals surface area contributed by atoms with E-state index in [4.69, 9.17) is 16.6 Å². The molecule has 1 heterocycles. The van der Waals surface area contributed by atoms with Crippen LogP contribution in [-0.4, -0.2) is 22.6 Å². The lowest BCUT2D eigenvalue weighted by Gasteiger charge is -2.21. The van der Waals surface area contributed by atoms with E-state index in [1.807, 2.05) is 30.3 Å². The zero-order chi connectivity index (χ0) is 19.5. The van der Waals surface area contributed by atoms with Crippen LogP contribution in [0.4, 0.5) is 5.69 Å². The molecular weight excluding hydrogens is 366 g/mol. The molecule has 4 aromatic rings. The monoisotopic (exact) mass is 389 g/mol. The molecule has 4 rings (SSSR count). The predicted octanol–water partition coefficient (Wildman–Crippen LogP) is 6.25. The summed E-state index contributed by atoms with van der Waals surface area (Å²) in [5.74, 6) is 0.964. The molecule has 0 saturated carbocycles. The molecule has 142 valence electrons. The Labute approximate surface area is 171 Å². The number of nitrogens with zero attached hydrogens (tertiary/aromatic N) is 3. The van der Waals surface area contributed by atoms with E-state index in [2.05, 4.69) is 65.8 Å². The lowest BCUT2D eigenvalue weighted by Crippen LogP contribution is -2.21. The van der Waals surface area contributed by atoms with Crippen LogP contribution in [0.25, 0.3) is 22.4 Å². The molecule has 4 heteroatoms. The normalized spacial score (nSPS) is 11.1. The van der Waals surface area contributed by atoms with Crippen LogP contribution >= 0.6 is 11.6 Å². The van der Waals surface area contributed by atoms with Crippen LogP contribution < -0.4 is 4.90 Å². The molecule has 1 aromatic heterocycles. The van der Waals surface area contributed by atoms with Gasteiger partial charge < -0.3 is 9.47 Å². The van der Waals surface area contributed by atoms with Crippen molar-refractivity contribution in [1.82, 2.24) is 9.55 Å². The van der Waals surface area contributed by atoms with E-state index in [1.165, 1.54) is 11.3 Å². The molecule has 0 aliphatic heterocycles. The van der Waals surface area contributed by atoms with Crippen molar-refractivity contribution in [2.75, 3.05) is 18.0 Å². The number of halogens is 1. The van der Waals surface area contributed by atoms with Crippen LogP contribution in [0.3, 0.4) is 0 Å². The smallest absolute Gasteiger partial charge is 0.141 e. The second-order valence-corrected chi connectivity index (χ2v) is 7.30. The lowest BCUT2D eigenvalue weighted by atomic mass is 10.1. The highest BCUT2D eigenvalue weighted by atomic mass is 35.5. The summed E-state index contributed by atoms with van der Waals surface area (Å²) >= 11 is 6.21. The average Bonchev–Trinajstić information content (AvgIpc) is 3.08. The van der Waals surface area contributed by atoms with E-state index < -0.39 is 0 Å². The number of fused-ring (bicyclic) bond motifs is 1. The van der Waals surface area contributed by atoms with Crippen molar-refractivity contribution in [2.45, 2.75) is 20.4 Å². The van der Waals surface area contributed by atoms with Gasteiger partial charge in [0, 0.05) is 35.9 Å². The van der Waals surface area contributed by atoms with E-state index in [-0.39, 0.29) is 0 Å². The molecular formula is C24H24ClN3. The van der Waals surface area contributed by atoms with Crippen LogP contribution in [0, 0.1) is 0 Å². The molecule has 0 aliphatic carbocycles. The van der Waals surface area contributed by atoms with Crippen molar-refractivity contribution in [3.63, 3.8) is 0 Å². The van der Waals surface area contributed by atoms with Crippen molar-refractivity contribution < 1.29 is 0 Å². The summed E-state index contributed by atoms with van der Waals surface area (Å²) in [6.45, 7) is 7.17. The third kappa shape index (κ3) is 3.63. The van der Waals surface area contributed by atoms with E-state index in [1.54, 1.807) is 0 Å². The largest absolute Gasteiger partial charge is 0.372 e. The number of benzene rings is 3. The Morgan fingerprint density at radius 2 is 1.61 bits per heavy atom. The lowest BCUT2D eigenvalue weighted by molar-refractivity contribution is 0.831. The fourth-order valence-electron chi connectivity index (χ4n) is 3.65. The highest BCUT2D eigenvalue weighted by Crippen LogP contribution is 2.28. The first-order valence-electron chi connectivity index (χ1n) is 9.74. The fourth-order valence-corrected chi connectivity index (χ4v) is 3.82. The molecule has 0 amide bonds. The standard InChI is InChI=1S/C24H24ClN3/c1-3-27(4-2)21-13-10-18(11-14-21)17-28-23-15-12-20(25)16-22(23)26-24(28)19-8-6-5-7-9-19/h5-16H,3-4,17H2,1-2H3. The summed E-state index contributed by atoms with van der Waals surface area (Å²) < 4.78 is 2.27. The molecule has 0 unspecified atom stereocenters. The second kappa shape index (κ2) is 8.07.